The van der Waals surface area contributed by atoms with Crippen LogP contribution < -0.4 is 5.32 Å². The third kappa shape index (κ3) is 3.54. The minimum absolute atomic E-state index is 0.0529. The number of allylic oxidation sites excluding steroid dienone is 2. The van der Waals surface area contributed by atoms with Gasteiger partial charge in [0, 0.05) is 19.5 Å². The summed E-state index contributed by atoms with van der Waals surface area (Å²) in [5.74, 6) is 0.867. The molecule has 1 heterocycles. The topological polar surface area (TPSA) is 32.3 Å². The molecule has 0 fully saturated rings. The van der Waals surface area contributed by atoms with E-state index in [1.54, 1.807) is 0 Å². The van der Waals surface area contributed by atoms with Crippen molar-refractivity contribution in [3.05, 3.63) is 113 Å². The maximum atomic E-state index is 13.5. The van der Waals surface area contributed by atoms with Crippen molar-refractivity contribution in [2.45, 2.75) is 31.8 Å². The van der Waals surface area contributed by atoms with E-state index in [-0.39, 0.29) is 11.9 Å². The summed E-state index contributed by atoms with van der Waals surface area (Å²) in [6.45, 7) is 2.77. The third-order valence-electron chi connectivity index (χ3n) is 6.76. The summed E-state index contributed by atoms with van der Waals surface area (Å²) < 4.78 is 0. The highest BCUT2D eigenvalue weighted by Crippen LogP contribution is 2.51. The molecule has 3 aromatic rings. The van der Waals surface area contributed by atoms with Crippen LogP contribution in [0.25, 0.3) is 0 Å². The van der Waals surface area contributed by atoms with Crippen LogP contribution in [0.3, 0.4) is 0 Å². The van der Waals surface area contributed by atoms with Gasteiger partial charge in [0.15, 0.2) is 0 Å². The molecule has 0 spiro atoms. The van der Waals surface area contributed by atoms with Gasteiger partial charge in [0.05, 0.1) is 17.3 Å². The largest absolute Gasteiger partial charge is 0.377 e. The first-order chi connectivity index (χ1) is 15.1. The van der Waals surface area contributed by atoms with Crippen molar-refractivity contribution in [2.75, 3.05) is 12.4 Å². The molecule has 1 N–H and O–H groups in total. The molecular formula is C28H28N2O. The number of aryl methyl sites for hydroxylation is 1. The van der Waals surface area contributed by atoms with Crippen LogP contribution >= 0.6 is 0 Å². The fourth-order valence-corrected chi connectivity index (χ4v) is 5.18. The van der Waals surface area contributed by atoms with Crippen molar-refractivity contribution < 1.29 is 4.79 Å². The van der Waals surface area contributed by atoms with Crippen LogP contribution in [-0.4, -0.2) is 17.9 Å². The van der Waals surface area contributed by atoms with Crippen LogP contribution in [0.2, 0.25) is 0 Å². The van der Waals surface area contributed by atoms with E-state index in [1.807, 2.05) is 42.3 Å². The molecule has 3 nitrogen and oxygen atoms in total. The van der Waals surface area contributed by atoms with Gasteiger partial charge >= 0.3 is 0 Å². The van der Waals surface area contributed by atoms with E-state index in [0.29, 0.717) is 18.4 Å². The first-order valence-electron chi connectivity index (χ1n) is 11.0. The second kappa shape index (κ2) is 8.07. The van der Waals surface area contributed by atoms with E-state index in [9.17, 15) is 4.79 Å². The van der Waals surface area contributed by atoms with Crippen molar-refractivity contribution in [1.29, 1.82) is 0 Å². The molecule has 2 aliphatic rings. The standard InChI is InChI=1S/C28H28N2O/c1-19-10-6-7-13-21(19)26-23-15-8-14-22(23)24-16-9-17-25(27(24)29-26)28(31)30(2)18-20-11-4-3-5-12-20/h3-14,16-17,22-23,26,29H,15,18H2,1-2H3. The minimum Gasteiger partial charge on any atom is -0.377 e. The van der Waals surface area contributed by atoms with Gasteiger partial charge in [-0.1, -0.05) is 78.9 Å². The number of nitrogens with one attached hydrogen (secondary N) is 1. The lowest BCUT2D eigenvalue weighted by Gasteiger charge is -2.39. The zero-order valence-corrected chi connectivity index (χ0v) is 18.1. The fraction of sp³-hybridized carbons (Fsp3) is 0.250. The predicted octanol–water partition coefficient (Wildman–Crippen LogP) is 6.09. The number of anilines is 1. The van der Waals surface area contributed by atoms with Crippen molar-refractivity contribution in [3.63, 3.8) is 0 Å². The Labute approximate surface area is 184 Å². The molecule has 3 aromatic carbocycles. The number of rotatable bonds is 4. The normalized spacial score (nSPS) is 21.2. The minimum atomic E-state index is 0.0529. The number of nitrogens with zero attached hydrogens (tertiary/aromatic N) is 1. The average molecular weight is 409 g/mol. The first kappa shape index (κ1) is 19.6. The Morgan fingerprint density at radius 3 is 2.52 bits per heavy atom. The second-order valence-electron chi connectivity index (χ2n) is 8.75. The molecular weight excluding hydrogens is 380 g/mol. The highest BCUT2D eigenvalue weighted by atomic mass is 16.2. The molecule has 5 rings (SSSR count). The van der Waals surface area contributed by atoms with E-state index < -0.39 is 0 Å². The molecule has 3 heteroatoms. The SMILES string of the molecule is Cc1ccccc1C1Nc2c(C(=O)N(C)Cc3ccccc3)cccc2C2C=CCC21. The maximum absolute atomic E-state index is 13.5. The van der Waals surface area contributed by atoms with E-state index in [0.717, 1.165) is 23.2 Å². The molecule has 1 aliphatic carbocycles. The monoisotopic (exact) mass is 408 g/mol. The number of hydrogen-bond acceptors (Lipinski definition) is 2. The molecule has 1 amide bonds. The van der Waals surface area contributed by atoms with Crippen molar-refractivity contribution in [2.24, 2.45) is 5.92 Å². The van der Waals surface area contributed by atoms with Gasteiger partial charge in [-0.15, -0.1) is 0 Å². The summed E-state index contributed by atoms with van der Waals surface area (Å²) in [5.41, 5.74) is 6.74. The molecule has 0 aromatic heterocycles. The molecule has 0 saturated carbocycles. The summed E-state index contributed by atoms with van der Waals surface area (Å²) in [5, 5.41) is 3.81. The van der Waals surface area contributed by atoms with E-state index in [4.69, 9.17) is 0 Å². The zero-order chi connectivity index (χ0) is 21.4. The maximum Gasteiger partial charge on any atom is 0.256 e. The van der Waals surface area contributed by atoms with E-state index in [2.05, 4.69) is 66.9 Å². The Kier molecular flexibility index (Phi) is 5.11. The average Bonchev–Trinajstić information content (AvgIpc) is 3.29. The molecule has 0 radical (unpaired) electrons. The van der Waals surface area contributed by atoms with Gasteiger partial charge in [-0.05, 0) is 47.6 Å². The van der Waals surface area contributed by atoms with Gasteiger partial charge in [0.1, 0.15) is 0 Å². The molecule has 3 unspecified atom stereocenters. The Hall–Kier alpha value is -3.33. The lowest BCUT2D eigenvalue weighted by atomic mass is 9.75. The lowest BCUT2D eigenvalue weighted by Crippen LogP contribution is -2.33. The highest BCUT2D eigenvalue weighted by Gasteiger charge is 2.39. The van der Waals surface area contributed by atoms with Crippen LogP contribution in [0.4, 0.5) is 5.69 Å². The Morgan fingerprint density at radius 1 is 0.968 bits per heavy atom. The number of fused-ring (bicyclic) bond motifs is 3. The number of amides is 1. The van der Waals surface area contributed by atoms with Gasteiger partial charge in [0.2, 0.25) is 0 Å². The van der Waals surface area contributed by atoms with Crippen molar-refractivity contribution in [1.82, 2.24) is 4.90 Å². The molecule has 156 valence electrons. The van der Waals surface area contributed by atoms with Crippen LogP contribution in [0.15, 0.2) is 84.9 Å². The molecule has 31 heavy (non-hydrogen) atoms. The number of benzene rings is 3. The van der Waals surface area contributed by atoms with Gasteiger partial charge in [0.25, 0.3) is 5.91 Å². The Morgan fingerprint density at radius 2 is 1.71 bits per heavy atom. The summed E-state index contributed by atoms with van der Waals surface area (Å²) in [7, 11) is 1.88. The third-order valence-corrected chi connectivity index (χ3v) is 6.76. The van der Waals surface area contributed by atoms with E-state index in [1.165, 1.54) is 16.7 Å². The van der Waals surface area contributed by atoms with Crippen LogP contribution in [0, 0.1) is 12.8 Å². The van der Waals surface area contributed by atoms with Gasteiger partial charge in [-0.2, -0.15) is 0 Å². The first-order valence-corrected chi connectivity index (χ1v) is 11.0. The Balaban J connectivity index is 1.52. The predicted molar refractivity (Wildman–Crippen MR) is 126 cm³/mol. The summed E-state index contributed by atoms with van der Waals surface area (Å²) in [6, 6.07) is 25.1. The molecule has 1 aliphatic heterocycles. The Bertz CT molecular complexity index is 1130. The zero-order valence-electron chi connectivity index (χ0n) is 18.1. The fourth-order valence-electron chi connectivity index (χ4n) is 5.18. The number of para-hydroxylation sites is 1. The second-order valence-corrected chi connectivity index (χ2v) is 8.75. The van der Waals surface area contributed by atoms with Gasteiger partial charge < -0.3 is 10.2 Å². The van der Waals surface area contributed by atoms with Gasteiger partial charge in [-0.3, -0.25) is 4.79 Å². The summed E-state index contributed by atoms with van der Waals surface area (Å²) in [6.07, 6.45) is 5.69. The number of hydrogen-bond donors (Lipinski definition) is 1. The molecule has 3 atom stereocenters. The van der Waals surface area contributed by atoms with Crippen molar-refractivity contribution in [3.8, 4) is 0 Å². The van der Waals surface area contributed by atoms with Gasteiger partial charge in [-0.25, -0.2) is 0 Å². The molecule has 0 saturated heterocycles. The number of carbonyl (C=O) groups is 1. The van der Waals surface area contributed by atoms with Crippen LogP contribution in [-0.2, 0) is 6.54 Å². The van der Waals surface area contributed by atoms with Crippen LogP contribution in [0.1, 0.15) is 51.0 Å². The molecule has 0 bridgehead atoms. The highest BCUT2D eigenvalue weighted by molar-refractivity contribution is 6.00. The lowest BCUT2D eigenvalue weighted by molar-refractivity contribution is 0.0785. The summed E-state index contributed by atoms with van der Waals surface area (Å²) >= 11 is 0. The number of carbonyl (C=O) groups excluding carboxylic acids is 1. The van der Waals surface area contributed by atoms with Crippen molar-refractivity contribution >= 4 is 11.6 Å². The summed E-state index contributed by atoms with van der Waals surface area (Å²) in [4.78, 5) is 15.3. The van der Waals surface area contributed by atoms with E-state index >= 15 is 0 Å². The smallest absolute Gasteiger partial charge is 0.256 e. The quantitative estimate of drug-likeness (QED) is 0.530. The van der Waals surface area contributed by atoms with Crippen LogP contribution in [0.5, 0.6) is 0 Å².